The van der Waals surface area contributed by atoms with Crippen molar-refractivity contribution in [2.24, 2.45) is 0 Å². The minimum atomic E-state index is -4.38. The summed E-state index contributed by atoms with van der Waals surface area (Å²) < 4.78 is 40.1. The fourth-order valence-electron chi connectivity index (χ4n) is 6.60. The first-order valence-electron chi connectivity index (χ1n) is 23.2. The summed E-state index contributed by atoms with van der Waals surface area (Å²) in [5.74, 6) is -0.821. The molecule has 0 aromatic heterocycles. The maximum atomic E-state index is 12.7. The van der Waals surface area contributed by atoms with E-state index in [1.54, 1.807) is 0 Å². The highest BCUT2D eigenvalue weighted by Gasteiger charge is 2.36. The maximum absolute atomic E-state index is 12.7. The Hall–Kier alpha value is -1.55. The number of nitrogens with zero attached hydrogens (tertiary/aromatic N) is 1. The predicted molar refractivity (Wildman–Crippen MR) is 233 cm³/mol. The van der Waals surface area contributed by atoms with Crippen LogP contribution in [0.2, 0.25) is 0 Å². The summed E-state index contributed by atoms with van der Waals surface area (Å²) >= 11 is 0. The van der Waals surface area contributed by atoms with Gasteiger partial charge in [0.05, 0.1) is 40.0 Å². The van der Waals surface area contributed by atoms with Gasteiger partial charge >= 0.3 is 19.8 Å². The third-order valence-corrected chi connectivity index (χ3v) is 11.4. The molecule has 1 aliphatic heterocycles. The van der Waals surface area contributed by atoms with E-state index >= 15 is 0 Å². The quantitative estimate of drug-likeness (QED) is 0.0160. The van der Waals surface area contributed by atoms with Crippen molar-refractivity contribution in [3.05, 3.63) is 24.3 Å². The molecule has 0 bridgehead atoms. The Morgan fingerprint density at radius 1 is 0.632 bits per heavy atom. The summed E-state index contributed by atoms with van der Waals surface area (Å²) in [6.45, 7) is 4.37. The number of ether oxygens (including phenoxy) is 3. The molecule has 0 aromatic carbocycles. The van der Waals surface area contributed by atoms with Gasteiger partial charge < -0.3 is 23.6 Å². The largest absolute Gasteiger partial charge is 0.472 e. The molecule has 334 valence electrons. The standard InChI is InChI=1S/C46H86NO9P/c1-6-8-10-11-12-13-14-15-16-17-18-19-20-21-25-28-32-36-45(48)52-40-42(41-54-57(50,51)53-39-38-47(3,4)5)55-46(49)37-33-29-26-23-22-24-27-31-35-44-43(56-44)34-30-9-7-2/h15-16,27,31,42-44H,6-14,17-26,28-30,32-41H2,1-5H3/p+1/b16-15-,31-27-/t42-,43?,44?/m1/s1. The van der Waals surface area contributed by atoms with E-state index in [-0.39, 0.29) is 32.0 Å². The molecule has 1 heterocycles. The molecule has 1 fully saturated rings. The van der Waals surface area contributed by atoms with Crippen molar-refractivity contribution in [3.8, 4) is 0 Å². The molecule has 0 spiro atoms. The molecule has 57 heavy (non-hydrogen) atoms. The number of unbranched alkanes of at least 4 members (excludes halogenated alkanes) is 20. The number of rotatable bonds is 41. The fourth-order valence-corrected chi connectivity index (χ4v) is 7.34. The Morgan fingerprint density at radius 2 is 1.12 bits per heavy atom. The number of phosphoric ester groups is 1. The second-order valence-corrected chi connectivity index (χ2v) is 18.6. The van der Waals surface area contributed by atoms with Gasteiger partial charge in [-0.3, -0.25) is 18.6 Å². The first kappa shape index (κ1) is 53.5. The van der Waals surface area contributed by atoms with Gasteiger partial charge in [0.1, 0.15) is 19.8 Å². The molecule has 0 radical (unpaired) electrons. The summed E-state index contributed by atoms with van der Waals surface area (Å²) in [7, 11) is 1.46. The number of allylic oxidation sites excluding steroid dienone is 3. The molecular formula is C46H87NO9P+. The van der Waals surface area contributed by atoms with Crippen LogP contribution >= 0.6 is 7.82 Å². The van der Waals surface area contributed by atoms with Gasteiger partial charge in [-0.2, -0.15) is 0 Å². The minimum absolute atomic E-state index is 0.0265. The Labute approximate surface area is 349 Å². The maximum Gasteiger partial charge on any atom is 0.472 e. The molecule has 10 nitrogen and oxygen atoms in total. The topological polar surface area (TPSA) is 121 Å². The zero-order valence-electron chi connectivity index (χ0n) is 37.3. The molecule has 1 aliphatic rings. The average Bonchev–Trinajstić information content (AvgIpc) is 3.91. The number of phosphoric acid groups is 1. The molecule has 0 aliphatic carbocycles. The summed E-state index contributed by atoms with van der Waals surface area (Å²) in [4.78, 5) is 35.4. The fraction of sp³-hybridized carbons (Fsp3) is 0.870. The minimum Gasteiger partial charge on any atom is -0.462 e. The van der Waals surface area contributed by atoms with Gasteiger partial charge in [-0.15, -0.1) is 0 Å². The molecule has 11 heteroatoms. The number of quaternary nitrogens is 1. The summed E-state index contributed by atoms with van der Waals surface area (Å²) in [5, 5.41) is 0. The van der Waals surface area contributed by atoms with E-state index in [1.165, 1.54) is 89.9 Å². The van der Waals surface area contributed by atoms with Crippen LogP contribution in [0.25, 0.3) is 0 Å². The van der Waals surface area contributed by atoms with Crippen LogP contribution in [0.4, 0.5) is 0 Å². The first-order valence-corrected chi connectivity index (χ1v) is 24.7. The van der Waals surface area contributed by atoms with E-state index in [2.05, 4.69) is 38.2 Å². The van der Waals surface area contributed by atoms with Crippen LogP contribution in [0.15, 0.2) is 24.3 Å². The van der Waals surface area contributed by atoms with Gasteiger partial charge in [0, 0.05) is 12.8 Å². The third-order valence-electron chi connectivity index (χ3n) is 10.4. The third kappa shape index (κ3) is 36.1. The highest BCUT2D eigenvalue weighted by molar-refractivity contribution is 7.47. The van der Waals surface area contributed by atoms with Gasteiger partial charge in [0.2, 0.25) is 0 Å². The van der Waals surface area contributed by atoms with Crippen LogP contribution in [0.1, 0.15) is 194 Å². The predicted octanol–water partition coefficient (Wildman–Crippen LogP) is 12.1. The Bertz CT molecular complexity index is 1090. The number of esters is 2. The molecule has 0 saturated carbocycles. The first-order chi connectivity index (χ1) is 27.5. The second-order valence-electron chi connectivity index (χ2n) is 17.2. The van der Waals surface area contributed by atoms with Crippen LogP contribution in [-0.4, -0.2) is 87.1 Å². The van der Waals surface area contributed by atoms with Crippen molar-refractivity contribution in [2.45, 2.75) is 212 Å². The van der Waals surface area contributed by atoms with Crippen molar-refractivity contribution in [1.29, 1.82) is 0 Å². The van der Waals surface area contributed by atoms with E-state index in [0.29, 0.717) is 29.7 Å². The second kappa shape index (κ2) is 35.2. The van der Waals surface area contributed by atoms with E-state index in [4.69, 9.17) is 23.3 Å². The number of carbonyl (C=O) groups excluding carboxylic acids is 2. The van der Waals surface area contributed by atoms with Crippen molar-refractivity contribution >= 4 is 19.8 Å². The van der Waals surface area contributed by atoms with Crippen molar-refractivity contribution in [2.75, 3.05) is 47.5 Å². The Morgan fingerprint density at radius 3 is 1.68 bits per heavy atom. The molecule has 1 N–H and O–H groups in total. The molecule has 1 saturated heterocycles. The smallest absolute Gasteiger partial charge is 0.462 e. The average molecular weight is 829 g/mol. The highest BCUT2D eigenvalue weighted by atomic mass is 31.2. The van der Waals surface area contributed by atoms with E-state index in [9.17, 15) is 19.0 Å². The molecule has 0 aromatic rings. The summed E-state index contributed by atoms with van der Waals surface area (Å²) in [6, 6.07) is 0. The van der Waals surface area contributed by atoms with Gasteiger partial charge in [-0.25, -0.2) is 4.57 Å². The normalized spacial score (nSPS) is 17.3. The number of epoxide rings is 1. The molecule has 4 atom stereocenters. The molecule has 0 amide bonds. The molecular weight excluding hydrogens is 741 g/mol. The van der Waals surface area contributed by atoms with Crippen LogP contribution in [-0.2, 0) is 37.4 Å². The van der Waals surface area contributed by atoms with Gasteiger partial charge in [0.25, 0.3) is 0 Å². The lowest BCUT2D eigenvalue weighted by atomic mass is 10.1. The molecule has 3 unspecified atom stereocenters. The monoisotopic (exact) mass is 829 g/mol. The van der Waals surface area contributed by atoms with Crippen LogP contribution in [0, 0.1) is 0 Å². The van der Waals surface area contributed by atoms with Gasteiger partial charge in [0.15, 0.2) is 6.10 Å². The Kier molecular flexibility index (Phi) is 33.0. The SMILES string of the molecule is CCCCCCCC/C=C\CCCCCCCCCC(=O)OC[C@H](COP(=O)(O)OCC[N+](C)(C)C)OC(=O)CCCCCCC/C=C\CC1OC1CCCCC. The van der Waals surface area contributed by atoms with Crippen molar-refractivity contribution < 1.29 is 46.8 Å². The Balaban J connectivity index is 2.26. The van der Waals surface area contributed by atoms with Crippen molar-refractivity contribution in [1.82, 2.24) is 0 Å². The van der Waals surface area contributed by atoms with Crippen LogP contribution in [0.3, 0.4) is 0 Å². The zero-order chi connectivity index (χ0) is 41.9. The van der Waals surface area contributed by atoms with Gasteiger partial charge in [-0.1, -0.05) is 141 Å². The lowest BCUT2D eigenvalue weighted by Gasteiger charge is -2.24. The van der Waals surface area contributed by atoms with Gasteiger partial charge in [-0.05, 0) is 64.2 Å². The van der Waals surface area contributed by atoms with E-state index in [0.717, 1.165) is 70.6 Å². The number of hydrogen-bond donors (Lipinski definition) is 1. The lowest BCUT2D eigenvalue weighted by molar-refractivity contribution is -0.870. The summed E-state index contributed by atoms with van der Waals surface area (Å²) in [6.07, 6.45) is 39.6. The number of likely N-dealkylation sites (N-methyl/N-ethyl adjacent to an activating group) is 1. The summed E-state index contributed by atoms with van der Waals surface area (Å²) in [5.41, 5.74) is 0. The van der Waals surface area contributed by atoms with E-state index in [1.807, 2.05) is 21.1 Å². The molecule has 1 rings (SSSR count). The van der Waals surface area contributed by atoms with Crippen molar-refractivity contribution in [3.63, 3.8) is 0 Å². The lowest BCUT2D eigenvalue weighted by Crippen LogP contribution is -2.37. The zero-order valence-corrected chi connectivity index (χ0v) is 38.2. The van der Waals surface area contributed by atoms with Crippen LogP contribution < -0.4 is 0 Å². The number of hydrogen-bond acceptors (Lipinski definition) is 8. The van der Waals surface area contributed by atoms with Crippen LogP contribution in [0.5, 0.6) is 0 Å². The number of carbonyl (C=O) groups is 2. The highest BCUT2D eigenvalue weighted by Crippen LogP contribution is 2.43. The van der Waals surface area contributed by atoms with E-state index < -0.39 is 26.5 Å².